The lowest BCUT2D eigenvalue weighted by molar-refractivity contribution is -0.120. The normalized spacial score (nSPS) is 10.3. The molecule has 7 heteroatoms. The monoisotopic (exact) mass is 319 g/mol. The molecule has 0 spiro atoms. The molecule has 0 bridgehead atoms. The third-order valence-electron chi connectivity index (χ3n) is 3.27. The van der Waals surface area contributed by atoms with Crippen molar-refractivity contribution in [1.29, 1.82) is 0 Å². The van der Waals surface area contributed by atoms with Gasteiger partial charge >= 0.3 is 0 Å². The van der Waals surface area contributed by atoms with Crippen LogP contribution >= 0.6 is 0 Å². The van der Waals surface area contributed by atoms with Gasteiger partial charge in [-0.2, -0.15) is 0 Å². The highest BCUT2D eigenvalue weighted by Crippen LogP contribution is 2.19. The van der Waals surface area contributed by atoms with Gasteiger partial charge in [0.15, 0.2) is 0 Å². The second kappa shape index (κ2) is 8.07. The lowest BCUT2D eigenvalue weighted by atomic mass is 10.1. The minimum absolute atomic E-state index is 0.0181. The summed E-state index contributed by atoms with van der Waals surface area (Å²) in [5.41, 5.74) is 1.13. The van der Waals surface area contributed by atoms with Crippen molar-refractivity contribution in [2.24, 2.45) is 0 Å². The van der Waals surface area contributed by atoms with Gasteiger partial charge in [-0.3, -0.25) is 9.59 Å². The van der Waals surface area contributed by atoms with Crippen LogP contribution in [0, 0.1) is 5.82 Å². The first-order valence-corrected chi connectivity index (χ1v) is 7.31. The predicted molar refractivity (Wildman–Crippen MR) is 82.1 cm³/mol. The van der Waals surface area contributed by atoms with Crippen LogP contribution in [0.1, 0.15) is 29.8 Å². The van der Waals surface area contributed by atoms with Gasteiger partial charge in [-0.1, -0.05) is 5.16 Å². The zero-order valence-electron chi connectivity index (χ0n) is 12.8. The largest absolute Gasteiger partial charge is 0.359 e. The van der Waals surface area contributed by atoms with E-state index in [-0.39, 0.29) is 23.4 Å². The van der Waals surface area contributed by atoms with E-state index < -0.39 is 0 Å². The number of unbranched alkanes of at least 4 members (excludes halogenated alkanes) is 1. The number of hydrogen-bond acceptors (Lipinski definition) is 4. The van der Waals surface area contributed by atoms with E-state index in [1.807, 2.05) is 0 Å². The first-order valence-electron chi connectivity index (χ1n) is 7.31. The van der Waals surface area contributed by atoms with Crippen LogP contribution in [0.5, 0.6) is 0 Å². The molecule has 2 aromatic rings. The van der Waals surface area contributed by atoms with Crippen LogP contribution in [0.4, 0.5) is 4.39 Å². The summed E-state index contributed by atoms with van der Waals surface area (Å²) in [7, 11) is 1.59. The number of aromatic nitrogens is 1. The topological polar surface area (TPSA) is 84.2 Å². The Morgan fingerprint density at radius 3 is 2.65 bits per heavy atom. The molecule has 6 nitrogen and oxygen atoms in total. The van der Waals surface area contributed by atoms with Crippen molar-refractivity contribution in [2.75, 3.05) is 13.6 Å². The van der Waals surface area contributed by atoms with E-state index in [1.165, 1.54) is 18.2 Å². The first kappa shape index (κ1) is 16.7. The van der Waals surface area contributed by atoms with Crippen LogP contribution in [0.15, 0.2) is 34.9 Å². The highest BCUT2D eigenvalue weighted by atomic mass is 19.1. The van der Waals surface area contributed by atoms with Crippen molar-refractivity contribution < 1.29 is 18.5 Å². The second-order valence-electron chi connectivity index (χ2n) is 4.97. The number of nitrogens with one attached hydrogen (secondary N) is 2. The number of rotatable bonds is 7. The van der Waals surface area contributed by atoms with Gasteiger partial charge in [0.1, 0.15) is 11.5 Å². The Morgan fingerprint density at radius 1 is 1.22 bits per heavy atom. The maximum Gasteiger partial charge on any atom is 0.289 e. The molecule has 2 rings (SSSR count). The van der Waals surface area contributed by atoms with Crippen molar-refractivity contribution in [3.05, 3.63) is 41.9 Å². The van der Waals surface area contributed by atoms with Crippen LogP contribution in [0.2, 0.25) is 0 Å². The number of carbonyl (C=O) groups is 2. The van der Waals surface area contributed by atoms with Crippen LogP contribution in [0.3, 0.4) is 0 Å². The fraction of sp³-hybridized carbons (Fsp3) is 0.312. The zero-order chi connectivity index (χ0) is 16.7. The van der Waals surface area contributed by atoms with Gasteiger partial charge in [-0.15, -0.1) is 0 Å². The molecular formula is C16H18FN3O3. The van der Waals surface area contributed by atoms with E-state index >= 15 is 0 Å². The Morgan fingerprint density at radius 2 is 1.96 bits per heavy atom. The Kier molecular flexibility index (Phi) is 5.85. The van der Waals surface area contributed by atoms with E-state index in [9.17, 15) is 14.0 Å². The Balaban J connectivity index is 1.82. The van der Waals surface area contributed by atoms with Gasteiger partial charge in [-0.05, 0) is 37.1 Å². The molecule has 122 valence electrons. The average Bonchev–Trinajstić information content (AvgIpc) is 3.04. The van der Waals surface area contributed by atoms with Crippen LogP contribution < -0.4 is 10.6 Å². The second-order valence-corrected chi connectivity index (χ2v) is 4.97. The van der Waals surface area contributed by atoms with Gasteiger partial charge in [0.05, 0.1) is 0 Å². The molecule has 2 amide bonds. The number of hydrogen-bond donors (Lipinski definition) is 2. The molecule has 23 heavy (non-hydrogen) atoms. The fourth-order valence-corrected chi connectivity index (χ4v) is 1.96. The average molecular weight is 319 g/mol. The molecule has 0 saturated carbocycles. The van der Waals surface area contributed by atoms with E-state index in [2.05, 4.69) is 15.8 Å². The summed E-state index contributed by atoms with van der Waals surface area (Å²) in [4.78, 5) is 23.0. The van der Waals surface area contributed by atoms with Gasteiger partial charge in [-0.25, -0.2) is 4.39 Å². The van der Waals surface area contributed by atoms with Gasteiger partial charge in [0.25, 0.3) is 5.91 Å². The molecule has 0 atom stereocenters. The summed E-state index contributed by atoms with van der Waals surface area (Å²) >= 11 is 0. The van der Waals surface area contributed by atoms with Crippen molar-refractivity contribution in [2.45, 2.75) is 19.3 Å². The SMILES string of the molecule is CNC(=O)CCCCNC(=O)c1cc(-c2ccc(F)cc2)no1. The number of halogens is 1. The van der Waals surface area contributed by atoms with Crippen molar-refractivity contribution in [3.63, 3.8) is 0 Å². The summed E-state index contributed by atoms with van der Waals surface area (Å²) in [6.45, 7) is 0.447. The first-order chi connectivity index (χ1) is 11.1. The highest BCUT2D eigenvalue weighted by Gasteiger charge is 2.13. The third-order valence-corrected chi connectivity index (χ3v) is 3.27. The number of carbonyl (C=O) groups excluding carboxylic acids is 2. The van der Waals surface area contributed by atoms with E-state index in [1.54, 1.807) is 19.2 Å². The zero-order valence-corrected chi connectivity index (χ0v) is 12.8. The quantitative estimate of drug-likeness (QED) is 0.766. The summed E-state index contributed by atoms with van der Waals surface area (Å²) < 4.78 is 17.9. The molecule has 0 radical (unpaired) electrons. The molecule has 2 N–H and O–H groups in total. The molecule has 0 aliphatic rings. The van der Waals surface area contributed by atoms with Gasteiger partial charge in [0, 0.05) is 31.6 Å². The van der Waals surface area contributed by atoms with Crippen LogP contribution in [0.25, 0.3) is 11.3 Å². The molecule has 0 aliphatic heterocycles. The lowest BCUT2D eigenvalue weighted by Gasteiger charge is -2.02. The molecule has 1 aromatic carbocycles. The Bertz CT molecular complexity index is 667. The molecule has 0 unspecified atom stereocenters. The molecule has 0 aliphatic carbocycles. The molecule has 1 aromatic heterocycles. The van der Waals surface area contributed by atoms with Crippen molar-refractivity contribution in [3.8, 4) is 11.3 Å². The number of benzene rings is 1. The van der Waals surface area contributed by atoms with E-state index in [4.69, 9.17) is 4.52 Å². The Labute approximate surface area is 133 Å². The van der Waals surface area contributed by atoms with E-state index in [0.29, 0.717) is 37.1 Å². The van der Waals surface area contributed by atoms with Crippen molar-refractivity contribution >= 4 is 11.8 Å². The van der Waals surface area contributed by atoms with Crippen molar-refractivity contribution in [1.82, 2.24) is 15.8 Å². The summed E-state index contributed by atoms with van der Waals surface area (Å²) in [5.74, 6) is -0.635. The minimum atomic E-state index is -0.370. The number of amides is 2. The van der Waals surface area contributed by atoms with Gasteiger partial charge in [0.2, 0.25) is 11.7 Å². The van der Waals surface area contributed by atoms with Gasteiger partial charge < -0.3 is 15.2 Å². The smallest absolute Gasteiger partial charge is 0.289 e. The third kappa shape index (κ3) is 4.91. The summed E-state index contributed by atoms with van der Waals surface area (Å²) in [6.07, 6.45) is 1.82. The summed E-state index contributed by atoms with van der Waals surface area (Å²) in [5, 5.41) is 9.04. The molecule has 0 fully saturated rings. The fourth-order valence-electron chi connectivity index (χ4n) is 1.96. The predicted octanol–water partition coefficient (Wildman–Crippen LogP) is 2.13. The molecule has 1 heterocycles. The summed E-state index contributed by atoms with van der Waals surface area (Å²) in [6, 6.07) is 7.26. The van der Waals surface area contributed by atoms with Crippen LogP contribution in [-0.4, -0.2) is 30.6 Å². The number of nitrogens with zero attached hydrogens (tertiary/aromatic N) is 1. The van der Waals surface area contributed by atoms with Crippen LogP contribution in [-0.2, 0) is 4.79 Å². The maximum atomic E-state index is 12.9. The maximum absolute atomic E-state index is 12.9. The van der Waals surface area contributed by atoms with E-state index in [0.717, 1.165) is 0 Å². The molecule has 0 saturated heterocycles. The molecular weight excluding hydrogens is 301 g/mol. The Hall–Kier alpha value is -2.70. The lowest BCUT2D eigenvalue weighted by Crippen LogP contribution is -2.24. The standard InChI is InChI=1S/C16H18FN3O3/c1-18-15(21)4-2-3-9-19-16(22)14-10-13(20-23-14)11-5-7-12(17)8-6-11/h5-8,10H,2-4,9H2,1H3,(H,18,21)(H,19,22). The highest BCUT2D eigenvalue weighted by molar-refractivity contribution is 5.92. The minimum Gasteiger partial charge on any atom is -0.359 e.